The van der Waals surface area contributed by atoms with Crippen LogP contribution in [-0.4, -0.2) is 15.6 Å². The summed E-state index contributed by atoms with van der Waals surface area (Å²) in [5.41, 5.74) is 7.42. The Kier molecular flexibility index (Phi) is 5.43. The molecule has 0 radical (unpaired) electrons. The first-order valence-electron chi connectivity index (χ1n) is 8.78. The Labute approximate surface area is 158 Å². The van der Waals surface area contributed by atoms with Gasteiger partial charge in [-0.3, -0.25) is 10.2 Å². The fourth-order valence-electron chi connectivity index (χ4n) is 2.98. The van der Waals surface area contributed by atoms with Crippen molar-refractivity contribution >= 4 is 17.5 Å². The largest absolute Gasteiger partial charge is 0.270 e. The fourth-order valence-corrected chi connectivity index (χ4v) is 3.20. The van der Waals surface area contributed by atoms with E-state index in [2.05, 4.69) is 17.3 Å². The number of nitrogens with one attached hydrogen (secondary N) is 1. The molecule has 0 aliphatic rings. The van der Waals surface area contributed by atoms with E-state index in [1.54, 1.807) is 4.68 Å². The summed E-state index contributed by atoms with van der Waals surface area (Å²) in [6, 6.07) is 15.2. The quantitative estimate of drug-likeness (QED) is 0.688. The van der Waals surface area contributed by atoms with Crippen LogP contribution in [0.3, 0.4) is 0 Å². The lowest BCUT2D eigenvalue weighted by molar-refractivity contribution is 0.101. The average molecular weight is 368 g/mol. The van der Waals surface area contributed by atoms with Crippen LogP contribution in [0.2, 0.25) is 5.02 Å². The number of hydrogen-bond donors (Lipinski definition) is 1. The fraction of sp³-hybridized carbons (Fsp3) is 0.238. The molecule has 26 heavy (non-hydrogen) atoms. The van der Waals surface area contributed by atoms with Gasteiger partial charge in [0.05, 0.1) is 16.4 Å². The second-order valence-electron chi connectivity index (χ2n) is 6.13. The minimum atomic E-state index is -0.173. The summed E-state index contributed by atoms with van der Waals surface area (Å²) in [5, 5.41) is 0.600. The number of carbonyl (C=O) groups is 1. The molecule has 0 fully saturated rings. The molecule has 3 rings (SSSR count). The first kappa shape index (κ1) is 18.2. The molecule has 0 unspecified atom stereocenters. The highest BCUT2D eigenvalue weighted by Crippen LogP contribution is 2.28. The number of hydrogen-bond acceptors (Lipinski definition) is 2. The number of aryl methyl sites for hydroxylation is 2. The summed E-state index contributed by atoms with van der Waals surface area (Å²) in [4.78, 5) is 17.4. The van der Waals surface area contributed by atoms with E-state index in [9.17, 15) is 4.79 Å². The summed E-state index contributed by atoms with van der Waals surface area (Å²) >= 11 is 6.36. The number of carbonyl (C=O) groups excluding carboxylic acids is 1. The molecule has 0 aliphatic heterocycles. The topological polar surface area (TPSA) is 46.9 Å². The van der Waals surface area contributed by atoms with E-state index >= 15 is 0 Å². The van der Waals surface area contributed by atoms with E-state index in [1.165, 1.54) is 5.56 Å². The molecule has 1 heterocycles. The average Bonchev–Trinajstić information content (AvgIpc) is 2.97. The highest BCUT2D eigenvalue weighted by molar-refractivity contribution is 6.33. The van der Waals surface area contributed by atoms with Crippen molar-refractivity contribution in [3.05, 3.63) is 76.1 Å². The van der Waals surface area contributed by atoms with E-state index < -0.39 is 0 Å². The van der Waals surface area contributed by atoms with Gasteiger partial charge in [0.2, 0.25) is 0 Å². The zero-order chi connectivity index (χ0) is 18.7. The van der Waals surface area contributed by atoms with E-state index in [0.717, 1.165) is 29.8 Å². The van der Waals surface area contributed by atoms with Gasteiger partial charge in [-0.1, -0.05) is 49.7 Å². The normalized spacial score (nSPS) is 10.8. The lowest BCUT2D eigenvalue weighted by atomic mass is 10.1. The molecule has 1 aromatic heterocycles. The van der Waals surface area contributed by atoms with Crippen molar-refractivity contribution in [1.29, 1.82) is 0 Å². The molecule has 0 bridgehead atoms. The minimum absolute atomic E-state index is 0.173. The molecule has 3 aromatic rings. The van der Waals surface area contributed by atoms with E-state index in [1.807, 2.05) is 62.4 Å². The zero-order valence-corrected chi connectivity index (χ0v) is 16.0. The van der Waals surface area contributed by atoms with Crippen LogP contribution >= 0.6 is 11.6 Å². The van der Waals surface area contributed by atoms with Gasteiger partial charge in [0.25, 0.3) is 5.91 Å². The molecule has 5 heteroatoms. The third kappa shape index (κ3) is 3.51. The molecule has 4 nitrogen and oxygen atoms in total. The molecule has 0 spiro atoms. The molecular weight excluding hydrogens is 346 g/mol. The molecule has 1 amide bonds. The van der Waals surface area contributed by atoms with Gasteiger partial charge in [-0.25, -0.2) is 9.66 Å². The summed E-state index contributed by atoms with van der Waals surface area (Å²) in [6.07, 6.45) is 1.69. The highest BCUT2D eigenvalue weighted by atomic mass is 35.5. The van der Waals surface area contributed by atoms with Gasteiger partial charge in [-0.2, -0.15) is 0 Å². The molecule has 0 saturated carbocycles. The Morgan fingerprint density at radius 2 is 1.77 bits per heavy atom. The SMILES string of the molecule is CCc1ccc(C(=O)Nn2c(-c3ccccc3Cl)nc(C)c2CC)cc1. The smallest absolute Gasteiger partial charge is 0.267 e. The Morgan fingerprint density at radius 1 is 1.08 bits per heavy atom. The molecule has 0 atom stereocenters. The Morgan fingerprint density at radius 3 is 2.38 bits per heavy atom. The van der Waals surface area contributed by atoms with Gasteiger partial charge in [0, 0.05) is 11.1 Å². The Balaban J connectivity index is 2.00. The van der Waals surface area contributed by atoms with Crippen LogP contribution in [0.1, 0.15) is 41.2 Å². The zero-order valence-electron chi connectivity index (χ0n) is 15.2. The summed E-state index contributed by atoms with van der Waals surface area (Å²) < 4.78 is 1.76. The molecule has 2 aromatic carbocycles. The van der Waals surface area contributed by atoms with Crippen molar-refractivity contribution in [2.45, 2.75) is 33.6 Å². The first-order chi connectivity index (χ1) is 12.5. The van der Waals surface area contributed by atoms with Gasteiger partial charge in [0.15, 0.2) is 5.82 Å². The van der Waals surface area contributed by atoms with Crippen molar-refractivity contribution in [2.75, 3.05) is 5.43 Å². The maximum atomic E-state index is 12.8. The molecule has 1 N–H and O–H groups in total. The van der Waals surface area contributed by atoms with Crippen LogP contribution < -0.4 is 5.43 Å². The monoisotopic (exact) mass is 367 g/mol. The Bertz CT molecular complexity index is 929. The third-order valence-electron chi connectivity index (χ3n) is 4.46. The van der Waals surface area contributed by atoms with Gasteiger partial charge in [-0.15, -0.1) is 0 Å². The van der Waals surface area contributed by atoms with Crippen LogP contribution in [0.5, 0.6) is 0 Å². The Hall–Kier alpha value is -2.59. The number of halogens is 1. The van der Waals surface area contributed by atoms with Crippen molar-refractivity contribution in [1.82, 2.24) is 9.66 Å². The van der Waals surface area contributed by atoms with Crippen LogP contribution in [0.4, 0.5) is 0 Å². The lowest BCUT2D eigenvalue weighted by Crippen LogP contribution is -2.25. The van der Waals surface area contributed by atoms with Crippen LogP contribution in [0.15, 0.2) is 48.5 Å². The standard InChI is InChI=1S/C21H22ClN3O/c1-4-15-10-12-16(13-11-15)21(26)24-25-19(5-2)14(3)23-20(25)17-8-6-7-9-18(17)22/h6-13H,4-5H2,1-3H3,(H,24,26). The van der Waals surface area contributed by atoms with Crippen molar-refractivity contribution in [2.24, 2.45) is 0 Å². The molecule has 0 aliphatic carbocycles. The van der Waals surface area contributed by atoms with Crippen LogP contribution in [0, 0.1) is 6.92 Å². The number of rotatable bonds is 5. The number of nitrogens with zero attached hydrogens (tertiary/aromatic N) is 2. The third-order valence-corrected chi connectivity index (χ3v) is 4.79. The van der Waals surface area contributed by atoms with Gasteiger partial charge < -0.3 is 0 Å². The summed E-state index contributed by atoms with van der Waals surface area (Å²) in [6.45, 7) is 6.07. The minimum Gasteiger partial charge on any atom is -0.267 e. The van der Waals surface area contributed by atoms with Crippen molar-refractivity contribution in [3.8, 4) is 11.4 Å². The lowest BCUT2D eigenvalue weighted by Gasteiger charge is -2.14. The maximum Gasteiger partial charge on any atom is 0.270 e. The molecule has 0 saturated heterocycles. The number of benzene rings is 2. The maximum absolute atomic E-state index is 12.8. The van der Waals surface area contributed by atoms with Gasteiger partial charge >= 0.3 is 0 Å². The van der Waals surface area contributed by atoms with Crippen LogP contribution in [-0.2, 0) is 12.8 Å². The molecular formula is C21H22ClN3O. The van der Waals surface area contributed by atoms with Gasteiger partial charge in [0.1, 0.15) is 0 Å². The predicted octanol–water partition coefficient (Wildman–Crippen LogP) is 5.02. The van der Waals surface area contributed by atoms with Crippen LogP contribution in [0.25, 0.3) is 11.4 Å². The highest BCUT2D eigenvalue weighted by Gasteiger charge is 2.19. The number of imidazole rings is 1. The summed E-state index contributed by atoms with van der Waals surface area (Å²) in [7, 11) is 0. The molecule has 134 valence electrons. The first-order valence-corrected chi connectivity index (χ1v) is 9.16. The second-order valence-corrected chi connectivity index (χ2v) is 6.53. The second kappa shape index (κ2) is 7.75. The summed E-state index contributed by atoms with van der Waals surface area (Å²) in [5.74, 6) is 0.469. The predicted molar refractivity (Wildman–Crippen MR) is 106 cm³/mol. The number of aromatic nitrogens is 2. The van der Waals surface area contributed by atoms with E-state index in [0.29, 0.717) is 16.4 Å². The number of amides is 1. The van der Waals surface area contributed by atoms with E-state index in [-0.39, 0.29) is 5.91 Å². The van der Waals surface area contributed by atoms with Crippen molar-refractivity contribution < 1.29 is 4.79 Å². The van der Waals surface area contributed by atoms with Crippen molar-refractivity contribution in [3.63, 3.8) is 0 Å². The van der Waals surface area contributed by atoms with E-state index in [4.69, 9.17) is 11.6 Å². The van der Waals surface area contributed by atoms with Gasteiger partial charge in [-0.05, 0) is 49.6 Å².